The molecule has 1 aliphatic carbocycles. The molecule has 244 valence electrons. The van der Waals surface area contributed by atoms with Crippen LogP contribution in [0.5, 0.6) is 0 Å². The molecule has 0 unspecified atom stereocenters. The van der Waals surface area contributed by atoms with Crippen molar-refractivity contribution in [2.24, 2.45) is 0 Å². The first-order chi connectivity index (χ1) is 21.1. The molecule has 7 N–H and O–H groups in total. The largest absolute Gasteiger partial charge is 0.477 e. The fraction of sp³-hybridized carbons (Fsp3) is 0.645. The van der Waals surface area contributed by atoms with Crippen molar-refractivity contribution in [1.29, 1.82) is 0 Å². The Morgan fingerprint density at radius 1 is 1.07 bits per heavy atom. The lowest BCUT2D eigenvalue weighted by Crippen LogP contribution is -2.68. The lowest BCUT2D eigenvalue weighted by atomic mass is 9.88. The minimum absolute atomic E-state index is 0.0372. The summed E-state index contributed by atoms with van der Waals surface area (Å²) in [7, 11) is 0. The Bertz CT molecular complexity index is 1120. The van der Waals surface area contributed by atoms with E-state index in [4.69, 9.17) is 20.6 Å². The number of nitrogens with one attached hydrogen (secondary N) is 2. The van der Waals surface area contributed by atoms with Gasteiger partial charge in [-0.15, -0.1) is 6.42 Å². The molecule has 44 heavy (non-hydrogen) atoms. The van der Waals surface area contributed by atoms with Crippen molar-refractivity contribution in [1.82, 2.24) is 10.6 Å². The molecule has 0 spiro atoms. The number of hydrogen-bond acceptors (Lipinski definition) is 10. The van der Waals surface area contributed by atoms with E-state index in [0.717, 1.165) is 31.2 Å². The van der Waals surface area contributed by atoms with Crippen LogP contribution < -0.4 is 10.6 Å². The second kappa shape index (κ2) is 17.4. The molecule has 0 bridgehead atoms. The highest BCUT2D eigenvalue weighted by Crippen LogP contribution is 2.40. The van der Waals surface area contributed by atoms with Crippen molar-refractivity contribution >= 4 is 17.8 Å². The second-order valence-electron chi connectivity index (χ2n) is 11.2. The fourth-order valence-electron chi connectivity index (χ4n) is 5.11. The number of benzene rings is 1. The number of rotatable bonds is 19. The van der Waals surface area contributed by atoms with Crippen LogP contribution in [0.25, 0.3) is 0 Å². The molecule has 13 nitrogen and oxygen atoms in total. The summed E-state index contributed by atoms with van der Waals surface area (Å²) in [6.45, 7) is -0.701. The van der Waals surface area contributed by atoms with Crippen LogP contribution in [0.2, 0.25) is 0 Å². The molecule has 6 atom stereocenters. The molecule has 1 aromatic carbocycles. The lowest BCUT2D eigenvalue weighted by Gasteiger charge is -2.46. The lowest BCUT2D eigenvalue weighted by molar-refractivity contribution is -0.310. The van der Waals surface area contributed by atoms with E-state index < -0.39 is 73.6 Å². The van der Waals surface area contributed by atoms with Gasteiger partial charge in [0.2, 0.25) is 11.8 Å². The van der Waals surface area contributed by atoms with Crippen molar-refractivity contribution < 1.29 is 54.1 Å². The standard InChI is InChI=1S/C31H44N2O11/c1-2-13-42-14-5-3-4-6-15-43-31(30(40)41)17-23(35)27(33-26(38)19-34)29(44-31)28(39)24(36)18-32-25(37)16-20-7-9-21(10-8-20)22-11-12-22/h1,7-10,22-24,27-29,34-36,39H,3-6,11-19H2,(H,32,37)(H,33,38)(H,40,41)/t23-,24+,27+,28+,29+,31+/m1/s1. The highest BCUT2D eigenvalue weighted by molar-refractivity contribution is 5.79. The molecule has 1 heterocycles. The van der Waals surface area contributed by atoms with Crippen LogP contribution in [-0.2, 0) is 35.0 Å². The van der Waals surface area contributed by atoms with Gasteiger partial charge in [-0.2, -0.15) is 0 Å². The van der Waals surface area contributed by atoms with Gasteiger partial charge in [0, 0.05) is 19.6 Å². The van der Waals surface area contributed by atoms with E-state index in [9.17, 15) is 39.9 Å². The molecule has 13 heteroatoms. The van der Waals surface area contributed by atoms with Gasteiger partial charge in [0.15, 0.2) is 0 Å². The maximum atomic E-state index is 12.5. The number of amides is 2. The molecule has 2 aliphatic rings. The average molecular weight is 621 g/mol. The summed E-state index contributed by atoms with van der Waals surface area (Å²) in [6, 6.07) is 6.30. The van der Waals surface area contributed by atoms with Crippen LogP contribution in [0, 0.1) is 12.3 Å². The Balaban J connectivity index is 1.59. The minimum Gasteiger partial charge on any atom is -0.477 e. The number of carbonyl (C=O) groups excluding carboxylic acids is 2. The summed E-state index contributed by atoms with van der Waals surface area (Å²) in [5, 5.41) is 56.7. The Morgan fingerprint density at radius 2 is 1.75 bits per heavy atom. The van der Waals surface area contributed by atoms with Crippen molar-refractivity contribution in [2.75, 3.05) is 33.0 Å². The number of carboxylic acid groups (broad SMARTS) is 1. The zero-order chi connectivity index (χ0) is 32.1. The van der Waals surface area contributed by atoms with E-state index >= 15 is 0 Å². The molecule has 1 saturated carbocycles. The van der Waals surface area contributed by atoms with Gasteiger partial charge < -0.3 is 50.4 Å². The van der Waals surface area contributed by atoms with E-state index in [1.807, 2.05) is 24.3 Å². The number of carboxylic acids is 1. The first kappa shape index (κ1) is 35.4. The second-order valence-corrected chi connectivity index (χ2v) is 11.2. The van der Waals surface area contributed by atoms with Crippen LogP contribution in [0.3, 0.4) is 0 Å². The molecule has 1 saturated heterocycles. The van der Waals surface area contributed by atoms with Crippen molar-refractivity contribution in [3.8, 4) is 12.3 Å². The zero-order valence-corrected chi connectivity index (χ0v) is 24.7. The van der Waals surface area contributed by atoms with Crippen LogP contribution in [0.15, 0.2) is 24.3 Å². The van der Waals surface area contributed by atoms with Crippen LogP contribution in [-0.4, -0.2) is 113 Å². The number of carbonyl (C=O) groups is 3. The molecular formula is C31H44N2O11. The maximum Gasteiger partial charge on any atom is 0.364 e. The van der Waals surface area contributed by atoms with E-state index in [1.165, 1.54) is 5.56 Å². The Kier molecular flexibility index (Phi) is 14.0. The predicted molar refractivity (Wildman–Crippen MR) is 156 cm³/mol. The summed E-state index contributed by atoms with van der Waals surface area (Å²) < 4.78 is 16.5. The zero-order valence-electron chi connectivity index (χ0n) is 24.7. The van der Waals surface area contributed by atoms with Crippen molar-refractivity contribution in [3.63, 3.8) is 0 Å². The maximum absolute atomic E-state index is 12.5. The third-order valence-electron chi connectivity index (χ3n) is 7.71. The van der Waals surface area contributed by atoms with Gasteiger partial charge in [-0.3, -0.25) is 9.59 Å². The number of aliphatic carboxylic acids is 1. The predicted octanol–water partition coefficient (Wildman–Crippen LogP) is -0.421. The van der Waals surface area contributed by atoms with E-state index in [2.05, 4.69) is 16.6 Å². The summed E-state index contributed by atoms with van der Waals surface area (Å²) in [4.78, 5) is 36.8. The summed E-state index contributed by atoms with van der Waals surface area (Å²) in [5.41, 5.74) is 2.00. The monoisotopic (exact) mass is 620 g/mol. The quantitative estimate of drug-likeness (QED) is 0.0782. The third kappa shape index (κ3) is 10.5. The number of aliphatic hydroxyl groups excluding tert-OH is 4. The SMILES string of the molecule is C#CCOCCCCCCO[C@@]1(C(=O)O)C[C@@H](O)[C@H](NC(=O)CO)[C@@H]([C@@H](O)[C@@H](O)CNC(=O)Cc2ccc(C3CC3)cc2)O1. The van der Waals surface area contributed by atoms with Gasteiger partial charge in [-0.05, 0) is 42.7 Å². The normalized spacial score (nSPS) is 24.6. The first-order valence-corrected chi connectivity index (χ1v) is 15.0. The fourth-order valence-corrected chi connectivity index (χ4v) is 5.11. The molecule has 0 aromatic heterocycles. The smallest absolute Gasteiger partial charge is 0.364 e. The van der Waals surface area contributed by atoms with E-state index in [1.54, 1.807) is 0 Å². The molecule has 1 aromatic rings. The molecule has 2 amide bonds. The molecule has 2 fully saturated rings. The van der Waals surface area contributed by atoms with Crippen molar-refractivity contribution in [3.05, 3.63) is 35.4 Å². The van der Waals surface area contributed by atoms with Gasteiger partial charge in [-0.25, -0.2) is 4.79 Å². The van der Waals surface area contributed by atoms with Crippen LogP contribution >= 0.6 is 0 Å². The summed E-state index contributed by atoms with van der Waals surface area (Å²) >= 11 is 0. The number of terminal acetylenes is 1. The van der Waals surface area contributed by atoms with Crippen molar-refractivity contribution in [2.45, 2.75) is 93.5 Å². The molecule has 0 radical (unpaired) electrons. The number of hydrogen-bond donors (Lipinski definition) is 7. The Morgan fingerprint density at radius 3 is 2.36 bits per heavy atom. The van der Waals surface area contributed by atoms with Gasteiger partial charge in [0.1, 0.15) is 25.4 Å². The van der Waals surface area contributed by atoms with Gasteiger partial charge in [-0.1, -0.05) is 43.0 Å². The average Bonchev–Trinajstić information content (AvgIpc) is 3.86. The summed E-state index contributed by atoms with van der Waals surface area (Å²) in [5.74, 6) is -2.34. The highest BCUT2D eigenvalue weighted by atomic mass is 16.7. The van der Waals surface area contributed by atoms with Gasteiger partial charge in [0.25, 0.3) is 5.79 Å². The van der Waals surface area contributed by atoms with Gasteiger partial charge >= 0.3 is 5.97 Å². The number of aliphatic hydroxyl groups is 4. The van der Waals surface area contributed by atoms with E-state index in [0.29, 0.717) is 25.4 Å². The van der Waals surface area contributed by atoms with Crippen LogP contribution in [0.1, 0.15) is 62.0 Å². The van der Waals surface area contributed by atoms with Crippen LogP contribution in [0.4, 0.5) is 0 Å². The van der Waals surface area contributed by atoms with E-state index in [-0.39, 0.29) is 19.6 Å². The number of unbranched alkanes of at least 4 members (excludes halogenated alkanes) is 3. The topological polar surface area (TPSA) is 204 Å². The molecular weight excluding hydrogens is 576 g/mol. The number of ether oxygens (including phenoxy) is 3. The Hall–Kier alpha value is -3.09. The summed E-state index contributed by atoms with van der Waals surface area (Å²) in [6.07, 6.45) is 2.73. The first-order valence-electron chi connectivity index (χ1n) is 15.0. The molecule has 1 aliphatic heterocycles. The third-order valence-corrected chi connectivity index (χ3v) is 7.71. The minimum atomic E-state index is -2.39. The highest BCUT2D eigenvalue weighted by Gasteiger charge is 2.55. The molecule has 3 rings (SSSR count). The van der Waals surface area contributed by atoms with Gasteiger partial charge in [0.05, 0.1) is 31.3 Å². The Labute approximate surface area is 256 Å².